The van der Waals surface area contributed by atoms with Crippen LogP contribution in [0.5, 0.6) is 11.5 Å². The van der Waals surface area contributed by atoms with E-state index in [1.54, 1.807) is 19.1 Å². The zero-order valence-electron chi connectivity index (χ0n) is 14.4. The molecule has 0 aliphatic carbocycles. The van der Waals surface area contributed by atoms with Crippen molar-refractivity contribution in [1.82, 2.24) is 10.9 Å². The highest BCUT2D eigenvalue weighted by Gasteiger charge is 2.12. The van der Waals surface area contributed by atoms with Crippen molar-refractivity contribution < 1.29 is 23.5 Å². The summed E-state index contributed by atoms with van der Waals surface area (Å²) < 4.78 is 15.3. The molecule has 0 aliphatic heterocycles. The van der Waals surface area contributed by atoms with Gasteiger partial charge in [0.1, 0.15) is 11.5 Å². The quantitative estimate of drug-likeness (QED) is 0.505. The smallest absolute Gasteiger partial charge is 0.305 e. The van der Waals surface area contributed by atoms with E-state index in [1.807, 2.05) is 0 Å². The second-order valence-electron chi connectivity index (χ2n) is 5.06. The molecule has 1 aromatic heterocycles. The van der Waals surface area contributed by atoms with Crippen molar-refractivity contribution in [1.29, 1.82) is 0 Å². The van der Waals surface area contributed by atoms with E-state index in [1.165, 1.54) is 38.7 Å². The van der Waals surface area contributed by atoms with E-state index in [4.69, 9.17) is 25.5 Å². The third-order valence-corrected chi connectivity index (χ3v) is 3.49. The number of rotatable bonds is 7. The maximum atomic E-state index is 12.2. The summed E-state index contributed by atoms with van der Waals surface area (Å²) in [6, 6.07) is 6.20. The second-order valence-corrected chi connectivity index (χ2v) is 5.47. The molecule has 0 fully saturated rings. The number of hydrazine groups is 1. The van der Waals surface area contributed by atoms with Crippen LogP contribution in [0.25, 0.3) is 0 Å². The largest absolute Gasteiger partial charge is 0.495 e. The Balaban J connectivity index is 2.00. The minimum atomic E-state index is -0.465. The Bertz CT molecular complexity index is 818. The summed E-state index contributed by atoms with van der Waals surface area (Å²) in [5.74, 6) is 0.0199. The van der Waals surface area contributed by atoms with Gasteiger partial charge < -0.3 is 24.6 Å². The zero-order valence-corrected chi connectivity index (χ0v) is 15.1. The SMILES string of the molecule is COc1cc(NC(=O)/C=C(\C)NNC(=O)c2ccco2)c(OC)cc1Cl. The number of halogens is 1. The molecule has 0 spiro atoms. The van der Waals surface area contributed by atoms with Crippen molar-refractivity contribution in [3.8, 4) is 11.5 Å². The van der Waals surface area contributed by atoms with Crippen LogP contribution in [0.3, 0.4) is 0 Å². The Morgan fingerprint density at radius 2 is 1.88 bits per heavy atom. The van der Waals surface area contributed by atoms with Gasteiger partial charge in [-0.3, -0.25) is 15.0 Å². The number of amides is 2. The molecule has 138 valence electrons. The lowest BCUT2D eigenvalue weighted by atomic mass is 10.2. The second kappa shape index (κ2) is 8.82. The Hall–Kier alpha value is -3.13. The summed E-state index contributed by atoms with van der Waals surface area (Å²) in [5.41, 5.74) is 5.82. The summed E-state index contributed by atoms with van der Waals surface area (Å²) in [6.45, 7) is 1.61. The summed E-state index contributed by atoms with van der Waals surface area (Å²) in [5, 5.41) is 3.02. The molecule has 1 heterocycles. The van der Waals surface area contributed by atoms with Crippen LogP contribution < -0.4 is 25.6 Å². The fraction of sp³-hybridized carbons (Fsp3) is 0.176. The predicted molar refractivity (Wildman–Crippen MR) is 96.3 cm³/mol. The number of nitrogens with one attached hydrogen (secondary N) is 3. The summed E-state index contributed by atoms with van der Waals surface area (Å²) >= 11 is 6.03. The first-order valence-electron chi connectivity index (χ1n) is 7.45. The molecule has 26 heavy (non-hydrogen) atoms. The average Bonchev–Trinajstić information content (AvgIpc) is 3.15. The minimum Gasteiger partial charge on any atom is -0.495 e. The van der Waals surface area contributed by atoms with E-state index in [-0.39, 0.29) is 5.76 Å². The normalized spacial score (nSPS) is 10.8. The van der Waals surface area contributed by atoms with Crippen LogP contribution in [0.1, 0.15) is 17.5 Å². The average molecular weight is 380 g/mol. The van der Waals surface area contributed by atoms with Crippen LogP contribution in [-0.4, -0.2) is 26.0 Å². The molecule has 0 bridgehead atoms. The Morgan fingerprint density at radius 3 is 2.50 bits per heavy atom. The van der Waals surface area contributed by atoms with Crippen LogP contribution in [-0.2, 0) is 4.79 Å². The van der Waals surface area contributed by atoms with Gasteiger partial charge in [-0.25, -0.2) is 0 Å². The number of hydrogen-bond acceptors (Lipinski definition) is 6. The van der Waals surface area contributed by atoms with Crippen molar-refractivity contribution in [3.63, 3.8) is 0 Å². The summed E-state index contributed by atoms with van der Waals surface area (Å²) in [7, 11) is 2.93. The molecule has 0 saturated heterocycles. The standard InChI is InChI=1S/C17H18ClN3O5/c1-10(20-21-17(23)13-5-4-6-26-13)7-16(22)19-12-9-14(24-2)11(18)8-15(12)25-3/h4-9,20H,1-3H3,(H,19,22)(H,21,23)/b10-7+. The molecule has 2 rings (SSSR count). The van der Waals surface area contributed by atoms with Gasteiger partial charge in [0.05, 0.1) is 31.2 Å². The van der Waals surface area contributed by atoms with Crippen LogP contribution in [0.2, 0.25) is 5.02 Å². The highest BCUT2D eigenvalue weighted by Crippen LogP contribution is 2.35. The molecule has 0 atom stereocenters. The van der Waals surface area contributed by atoms with Gasteiger partial charge >= 0.3 is 5.91 Å². The summed E-state index contributed by atoms with van der Waals surface area (Å²) in [4.78, 5) is 23.9. The van der Waals surface area contributed by atoms with Gasteiger partial charge in [0.25, 0.3) is 0 Å². The highest BCUT2D eigenvalue weighted by molar-refractivity contribution is 6.32. The lowest BCUT2D eigenvalue weighted by Crippen LogP contribution is -2.36. The van der Waals surface area contributed by atoms with E-state index in [0.29, 0.717) is 27.9 Å². The fourth-order valence-corrected chi connectivity index (χ4v) is 2.22. The third kappa shape index (κ3) is 4.93. The van der Waals surface area contributed by atoms with Crippen molar-refractivity contribution in [2.45, 2.75) is 6.92 Å². The van der Waals surface area contributed by atoms with Crippen LogP contribution >= 0.6 is 11.6 Å². The zero-order chi connectivity index (χ0) is 19.1. The number of hydrogen-bond donors (Lipinski definition) is 3. The molecule has 1 aromatic carbocycles. The minimum absolute atomic E-state index is 0.146. The first-order valence-corrected chi connectivity index (χ1v) is 7.83. The molecular formula is C17H18ClN3O5. The van der Waals surface area contributed by atoms with E-state index < -0.39 is 11.8 Å². The van der Waals surface area contributed by atoms with Gasteiger partial charge in [-0.2, -0.15) is 0 Å². The van der Waals surface area contributed by atoms with E-state index in [2.05, 4.69) is 16.2 Å². The maximum absolute atomic E-state index is 12.2. The topological polar surface area (TPSA) is 102 Å². The van der Waals surface area contributed by atoms with Gasteiger partial charge in [-0.15, -0.1) is 0 Å². The van der Waals surface area contributed by atoms with Crippen LogP contribution in [0.15, 0.2) is 46.7 Å². The van der Waals surface area contributed by atoms with Crippen molar-refractivity contribution >= 4 is 29.1 Å². The van der Waals surface area contributed by atoms with Crippen molar-refractivity contribution in [3.05, 3.63) is 53.1 Å². The highest BCUT2D eigenvalue weighted by atomic mass is 35.5. The Kier molecular flexibility index (Phi) is 6.51. The first kappa shape index (κ1) is 19.2. The van der Waals surface area contributed by atoms with Crippen molar-refractivity contribution in [2.24, 2.45) is 0 Å². The van der Waals surface area contributed by atoms with E-state index in [0.717, 1.165) is 0 Å². The van der Waals surface area contributed by atoms with Gasteiger partial charge in [0.15, 0.2) is 5.76 Å². The predicted octanol–water partition coefficient (Wildman–Crippen LogP) is 2.73. The monoisotopic (exact) mass is 379 g/mol. The number of benzene rings is 1. The molecule has 2 aromatic rings. The number of furan rings is 1. The van der Waals surface area contributed by atoms with Gasteiger partial charge in [-0.1, -0.05) is 11.6 Å². The molecule has 2 amide bonds. The van der Waals surface area contributed by atoms with E-state index >= 15 is 0 Å². The third-order valence-electron chi connectivity index (χ3n) is 3.20. The van der Waals surface area contributed by atoms with Crippen LogP contribution in [0, 0.1) is 0 Å². The van der Waals surface area contributed by atoms with Crippen LogP contribution in [0.4, 0.5) is 5.69 Å². The lowest BCUT2D eigenvalue weighted by molar-refractivity contribution is -0.112. The number of ether oxygens (including phenoxy) is 2. The molecule has 3 N–H and O–H groups in total. The number of anilines is 1. The molecule has 0 aliphatic rings. The number of methoxy groups -OCH3 is 2. The number of allylic oxidation sites excluding steroid dienone is 1. The van der Waals surface area contributed by atoms with Gasteiger partial charge in [0, 0.05) is 23.9 Å². The Labute approximate surface area is 155 Å². The molecular weight excluding hydrogens is 362 g/mol. The Morgan fingerprint density at radius 1 is 1.15 bits per heavy atom. The molecule has 0 radical (unpaired) electrons. The van der Waals surface area contributed by atoms with Gasteiger partial charge in [-0.05, 0) is 19.1 Å². The first-order chi connectivity index (χ1) is 12.4. The maximum Gasteiger partial charge on any atom is 0.305 e. The number of carbonyl (C=O) groups is 2. The molecule has 9 heteroatoms. The fourth-order valence-electron chi connectivity index (χ4n) is 1.98. The summed E-state index contributed by atoms with van der Waals surface area (Å²) in [6.07, 6.45) is 2.65. The molecule has 0 unspecified atom stereocenters. The molecule has 8 nitrogen and oxygen atoms in total. The van der Waals surface area contributed by atoms with Gasteiger partial charge in [0.2, 0.25) is 5.91 Å². The van der Waals surface area contributed by atoms with Crippen molar-refractivity contribution in [2.75, 3.05) is 19.5 Å². The van der Waals surface area contributed by atoms with E-state index in [9.17, 15) is 9.59 Å². The lowest BCUT2D eigenvalue weighted by Gasteiger charge is -2.13. The molecule has 0 saturated carbocycles. The number of carbonyl (C=O) groups excluding carboxylic acids is 2.